The van der Waals surface area contributed by atoms with E-state index in [2.05, 4.69) is 30.5 Å². The Balaban J connectivity index is 1.40. The molecule has 134 valence electrons. The molecule has 1 saturated carbocycles. The Kier molecular flexibility index (Phi) is 5.01. The highest BCUT2D eigenvalue weighted by Gasteiger charge is 2.23. The topological polar surface area (TPSA) is 96.5 Å². The molecule has 0 aromatic carbocycles. The number of amides is 1. The van der Waals surface area contributed by atoms with Crippen LogP contribution < -0.4 is 5.32 Å². The molecule has 1 aliphatic rings. The average molecular weight is 368 g/mol. The second-order valence-electron chi connectivity index (χ2n) is 6.45. The molecule has 2 N–H and O–H groups in total. The molecule has 0 atom stereocenters. The third-order valence-corrected chi connectivity index (χ3v) is 5.60. The lowest BCUT2D eigenvalue weighted by atomic mass is 9.85. The van der Waals surface area contributed by atoms with Crippen molar-refractivity contribution < 1.29 is 4.79 Å². The number of carbonyl (C=O) groups is 1. The molecule has 0 unspecified atom stereocenters. The Morgan fingerprint density at radius 3 is 2.92 bits per heavy atom. The van der Waals surface area contributed by atoms with Gasteiger partial charge in [-0.05, 0) is 12.8 Å². The Labute approximate surface area is 155 Å². The summed E-state index contributed by atoms with van der Waals surface area (Å²) in [7, 11) is 0. The molecule has 3 aromatic rings. The van der Waals surface area contributed by atoms with E-state index in [9.17, 15) is 4.79 Å². The lowest BCUT2D eigenvalue weighted by molar-refractivity contribution is 0.0949. The third kappa shape index (κ3) is 3.65. The number of aromatic nitrogens is 5. The molecule has 26 heavy (non-hydrogen) atoms. The molecule has 0 bridgehead atoms. The van der Waals surface area contributed by atoms with Crippen LogP contribution in [-0.4, -0.2) is 31.1 Å². The number of H-pyrrole nitrogens is 1. The molecular formula is C18H20N6OS. The minimum absolute atomic E-state index is 0.103. The van der Waals surface area contributed by atoms with Crippen LogP contribution in [0.2, 0.25) is 0 Å². The van der Waals surface area contributed by atoms with E-state index in [1.165, 1.54) is 30.6 Å². The Morgan fingerprint density at radius 2 is 2.12 bits per heavy atom. The maximum absolute atomic E-state index is 12.6. The lowest BCUT2D eigenvalue weighted by Crippen LogP contribution is -2.24. The van der Waals surface area contributed by atoms with Crippen LogP contribution in [0.3, 0.4) is 0 Å². The second-order valence-corrected chi connectivity index (χ2v) is 7.31. The number of aromatic amines is 1. The summed E-state index contributed by atoms with van der Waals surface area (Å²) in [6, 6.07) is 0. The maximum atomic E-state index is 12.6. The van der Waals surface area contributed by atoms with Crippen molar-refractivity contribution in [2.75, 3.05) is 0 Å². The largest absolute Gasteiger partial charge is 0.346 e. The summed E-state index contributed by atoms with van der Waals surface area (Å²) in [5, 5.41) is 12.8. The predicted octanol–water partition coefficient (Wildman–Crippen LogP) is 3.30. The van der Waals surface area contributed by atoms with Crippen molar-refractivity contribution in [3.05, 3.63) is 47.1 Å². The summed E-state index contributed by atoms with van der Waals surface area (Å²) in [5.41, 5.74) is 3.18. The van der Waals surface area contributed by atoms with Crippen molar-refractivity contribution in [1.82, 2.24) is 30.5 Å². The van der Waals surface area contributed by atoms with Crippen molar-refractivity contribution in [3.8, 4) is 10.7 Å². The van der Waals surface area contributed by atoms with Gasteiger partial charge in [-0.15, -0.1) is 11.3 Å². The quantitative estimate of drug-likeness (QED) is 0.720. The summed E-state index contributed by atoms with van der Waals surface area (Å²) in [5.74, 6) is 0.308. The SMILES string of the molecule is O=C(NCc1csc(-c2cnccn2)n1)c1cn[nH]c1C1CCCCC1. The molecule has 3 heterocycles. The number of rotatable bonds is 5. The summed E-state index contributed by atoms with van der Waals surface area (Å²) < 4.78 is 0. The fraction of sp³-hybridized carbons (Fsp3) is 0.389. The van der Waals surface area contributed by atoms with Crippen LogP contribution >= 0.6 is 11.3 Å². The van der Waals surface area contributed by atoms with Gasteiger partial charge in [0.25, 0.3) is 5.91 Å². The first-order valence-corrected chi connectivity index (χ1v) is 9.71. The van der Waals surface area contributed by atoms with Gasteiger partial charge in [0.1, 0.15) is 10.7 Å². The molecule has 0 spiro atoms. The first-order chi connectivity index (χ1) is 12.8. The van der Waals surface area contributed by atoms with Gasteiger partial charge < -0.3 is 5.32 Å². The molecule has 1 amide bonds. The highest BCUT2D eigenvalue weighted by atomic mass is 32.1. The molecule has 0 radical (unpaired) electrons. The number of thiazole rings is 1. The van der Waals surface area contributed by atoms with Crippen LogP contribution in [0.15, 0.2) is 30.2 Å². The highest BCUT2D eigenvalue weighted by Crippen LogP contribution is 2.33. The predicted molar refractivity (Wildman–Crippen MR) is 98.7 cm³/mol. The lowest BCUT2D eigenvalue weighted by Gasteiger charge is -2.21. The van der Waals surface area contributed by atoms with Crippen LogP contribution in [0.5, 0.6) is 0 Å². The number of nitrogens with zero attached hydrogens (tertiary/aromatic N) is 4. The molecule has 7 nitrogen and oxygen atoms in total. The van der Waals surface area contributed by atoms with Gasteiger partial charge in [-0.1, -0.05) is 19.3 Å². The van der Waals surface area contributed by atoms with Gasteiger partial charge in [-0.25, -0.2) is 4.98 Å². The van der Waals surface area contributed by atoms with Crippen molar-refractivity contribution in [2.24, 2.45) is 0 Å². The van der Waals surface area contributed by atoms with Crippen molar-refractivity contribution in [1.29, 1.82) is 0 Å². The Bertz CT molecular complexity index is 869. The minimum atomic E-state index is -0.103. The van der Waals surface area contributed by atoms with Gasteiger partial charge in [0, 0.05) is 23.7 Å². The minimum Gasteiger partial charge on any atom is -0.346 e. The normalized spacial score (nSPS) is 15.1. The molecule has 0 saturated heterocycles. The fourth-order valence-corrected chi connectivity index (χ4v) is 4.14. The molecule has 3 aromatic heterocycles. The summed E-state index contributed by atoms with van der Waals surface area (Å²) in [6.45, 7) is 0.380. The first-order valence-electron chi connectivity index (χ1n) is 8.83. The maximum Gasteiger partial charge on any atom is 0.255 e. The van der Waals surface area contributed by atoms with Gasteiger partial charge in [-0.3, -0.25) is 19.9 Å². The van der Waals surface area contributed by atoms with E-state index in [4.69, 9.17) is 0 Å². The van der Waals surface area contributed by atoms with E-state index >= 15 is 0 Å². The second kappa shape index (κ2) is 7.74. The number of hydrogen-bond acceptors (Lipinski definition) is 6. The fourth-order valence-electron chi connectivity index (χ4n) is 3.36. The molecular weight excluding hydrogens is 348 g/mol. The number of hydrogen-bond donors (Lipinski definition) is 2. The summed E-state index contributed by atoms with van der Waals surface area (Å²) in [4.78, 5) is 25.4. The van der Waals surface area contributed by atoms with Crippen LogP contribution in [0.25, 0.3) is 10.7 Å². The van der Waals surface area contributed by atoms with Crippen molar-refractivity contribution in [2.45, 2.75) is 44.6 Å². The number of carbonyl (C=O) groups excluding carboxylic acids is 1. The van der Waals surface area contributed by atoms with Gasteiger partial charge in [0.2, 0.25) is 0 Å². The van der Waals surface area contributed by atoms with E-state index in [1.807, 2.05) is 5.38 Å². The van der Waals surface area contributed by atoms with Gasteiger partial charge in [0.15, 0.2) is 0 Å². The standard InChI is InChI=1S/C18H20N6OS/c25-17(14-9-22-24-16(14)12-4-2-1-3-5-12)21-8-13-11-26-18(23-13)15-10-19-6-7-20-15/h6-7,9-12H,1-5,8H2,(H,21,25)(H,22,24). The van der Waals surface area contributed by atoms with Crippen LogP contribution in [0, 0.1) is 0 Å². The van der Waals surface area contributed by atoms with Crippen molar-refractivity contribution in [3.63, 3.8) is 0 Å². The third-order valence-electron chi connectivity index (χ3n) is 4.69. The van der Waals surface area contributed by atoms with Crippen LogP contribution in [0.1, 0.15) is 59.8 Å². The van der Waals surface area contributed by atoms with E-state index in [1.54, 1.807) is 24.8 Å². The number of nitrogens with one attached hydrogen (secondary N) is 2. The zero-order valence-electron chi connectivity index (χ0n) is 14.3. The zero-order valence-corrected chi connectivity index (χ0v) is 15.1. The van der Waals surface area contributed by atoms with E-state index in [0.29, 0.717) is 18.0 Å². The molecule has 4 rings (SSSR count). The van der Waals surface area contributed by atoms with Gasteiger partial charge >= 0.3 is 0 Å². The van der Waals surface area contributed by atoms with E-state index < -0.39 is 0 Å². The van der Waals surface area contributed by atoms with Gasteiger partial charge in [0.05, 0.1) is 35.9 Å². The highest BCUT2D eigenvalue weighted by molar-refractivity contribution is 7.13. The average Bonchev–Trinajstić information content (AvgIpc) is 3.37. The van der Waals surface area contributed by atoms with E-state index in [0.717, 1.165) is 34.9 Å². The van der Waals surface area contributed by atoms with Crippen LogP contribution in [0.4, 0.5) is 0 Å². The van der Waals surface area contributed by atoms with Crippen molar-refractivity contribution >= 4 is 17.2 Å². The zero-order chi connectivity index (χ0) is 17.8. The first kappa shape index (κ1) is 16.8. The van der Waals surface area contributed by atoms with E-state index in [-0.39, 0.29) is 5.91 Å². The molecule has 1 fully saturated rings. The van der Waals surface area contributed by atoms with Gasteiger partial charge in [-0.2, -0.15) is 5.10 Å². The molecule has 8 heteroatoms. The summed E-state index contributed by atoms with van der Waals surface area (Å²) >= 11 is 1.49. The Hall–Kier alpha value is -2.61. The van der Waals surface area contributed by atoms with Crippen LogP contribution in [-0.2, 0) is 6.54 Å². The molecule has 1 aliphatic carbocycles. The summed E-state index contributed by atoms with van der Waals surface area (Å²) in [6.07, 6.45) is 12.5. The molecule has 0 aliphatic heterocycles. The smallest absolute Gasteiger partial charge is 0.255 e. The Morgan fingerprint density at radius 1 is 1.23 bits per heavy atom. The monoisotopic (exact) mass is 368 g/mol.